The van der Waals surface area contributed by atoms with Crippen LogP contribution in [0.15, 0.2) is 158 Å². The Morgan fingerprint density at radius 3 is 1.67 bits per heavy atom. The van der Waals surface area contributed by atoms with Gasteiger partial charge in [-0.2, -0.15) is 0 Å². The Morgan fingerprint density at radius 2 is 0.933 bits per heavy atom. The number of nitrogens with zero attached hydrogens (tertiary/aromatic N) is 2. The summed E-state index contributed by atoms with van der Waals surface area (Å²) in [6.45, 7) is 0. The van der Waals surface area contributed by atoms with E-state index in [0.717, 1.165) is 0 Å². The van der Waals surface area contributed by atoms with E-state index in [4.69, 9.17) is 0 Å². The Balaban J connectivity index is 1.27. The Labute approximate surface area is 263 Å². The summed E-state index contributed by atoms with van der Waals surface area (Å²) >= 11 is 1.89. The lowest BCUT2D eigenvalue weighted by molar-refractivity contribution is 1.17. The van der Waals surface area contributed by atoms with E-state index in [1.165, 1.54) is 86.3 Å². The van der Waals surface area contributed by atoms with Crippen molar-refractivity contribution >= 4 is 75.1 Å². The molecule has 0 saturated carbocycles. The van der Waals surface area contributed by atoms with Crippen LogP contribution in [0.5, 0.6) is 0 Å². The molecule has 2 nitrogen and oxygen atoms in total. The number of fused-ring (bicyclic) bond motifs is 10. The monoisotopic (exact) mass is 590 g/mol. The molecule has 0 saturated heterocycles. The van der Waals surface area contributed by atoms with Gasteiger partial charge in [-0.25, -0.2) is 0 Å². The van der Waals surface area contributed by atoms with Gasteiger partial charge in [0, 0.05) is 53.1 Å². The number of thiophene rings is 1. The van der Waals surface area contributed by atoms with Gasteiger partial charge in [0.15, 0.2) is 0 Å². The molecule has 0 N–H and O–H groups in total. The van der Waals surface area contributed by atoms with Crippen LogP contribution in [0.3, 0.4) is 0 Å². The topological polar surface area (TPSA) is 9.86 Å². The second-order valence-electron chi connectivity index (χ2n) is 11.7. The molecule has 3 aromatic heterocycles. The maximum absolute atomic E-state index is 2.45. The van der Waals surface area contributed by atoms with Crippen molar-refractivity contribution in [1.82, 2.24) is 9.13 Å². The van der Waals surface area contributed by atoms with E-state index in [-0.39, 0.29) is 0 Å². The van der Waals surface area contributed by atoms with Gasteiger partial charge in [0.25, 0.3) is 0 Å². The van der Waals surface area contributed by atoms with Gasteiger partial charge in [-0.15, -0.1) is 11.3 Å². The highest BCUT2D eigenvalue weighted by atomic mass is 32.1. The van der Waals surface area contributed by atoms with Crippen molar-refractivity contribution in [3.8, 4) is 22.5 Å². The Bertz CT molecular complexity index is 2760. The lowest BCUT2D eigenvalue weighted by Gasteiger charge is -2.11. The van der Waals surface area contributed by atoms with Gasteiger partial charge >= 0.3 is 0 Å². The molecule has 3 heteroatoms. The lowest BCUT2D eigenvalue weighted by atomic mass is 10.0. The normalized spacial score (nSPS) is 12.0. The first-order chi connectivity index (χ1) is 22.3. The fourth-order valence-electron chi connectivity index (χ4n) is 7.44. The summed E-state index contributed by atoms with van der Waals surface area (Å²) in [7, 11) is 0. The SMILES string of the molecule is c1ccc(-n2c3ccccc3c3c4c5ccccc5n(-c5cccc(-c6cccc7c6sc6ccccc67)c5)c4ccc32)cc1. The largest absolute Gasteiger partial charge is 0.309 e. The van der Waals surface area contributed by atoms with Crippen LogP contribution in [0.25, 0.3) is 86.3 Å². The number of aromatic nitrogens is 2. The fourth-order valence-corrected chi connectivity index (χ4v) is 8.68. The summed E-state index contributed by atoms with van der Waals surface area (Å²) in [6.07, 6.45) is 0. The summed E-state index contributed by atoms with van der Waals surface area (Å²) in [5.74, 6) is 0. The second kappa shape index (κ2) is 9.43. The van der Waals surface area contributed by atoms with Crippen molar-refractivity contribution in [2.45, 2.75) is 0 Å². The summed E-state index contributed by atoms with van der Waals surface area (Å²) in [6, 6.07) is 57.5. The zero-order chi connectivity index (χ0) is 29.5. The standard InChI is InChI=1S/C42H26N2S/c1-2-13-28(14-3-1)43-35-21-7-4-17-33(35)40-37(43)24-25-38-41(40)34-18-5-8-22-36(34)44(38)29-15-10-12-27(26-29)30-19-11-20-32-31-16-6-9-23-39(31)45-42(30)32/h1-26H. The van der Waals surface area contributed by atoms with E-state index in [1.807, 2.05) is 11.3 Å². The third kappa shape index (κ3) is 3.50. The molecule has 0 aliphatic rings. The lowest BCUT2D eigenvalue weighted by Crippen LogP contribution is -1.95. The Morgan fingerprint density at radius 1 is 0.378 bits per heavy atom. The molecule has 10 rings (SSSR count). The third-order valence-corrected chi connectivity index (χ3v) is 10.5. The summed E-state index contributed by atoms with van der Waals surface area (Å²) < 4.78 is 7.53. The number of hydrogen-bond donors (Lipinski definition) is 0. The molecule has 0 bridgehead atoms. The number of rotatable bonds is 3. The van der Waals surface area contributed by atoms with E-state index in [0.29, 0.717) is 0 Å². The molecule has 0 atom stereocenters. The van der Waals surface area contributed by atoms with Crippen LogP contribution in [0.2, 0.25) is 0 Å². The second-order valence-corrected chi connectivity index (χ2v) is 12.8. The van der Waals surface area contributed by atoms with Crippen LogP contribution < -0.4 is 0 Å². The van der Waals surface area contributed by atoms with Gasteiger partial charge in [0.05, 0.1) is 22.1 Å². The Hall–Kier alpha value is -5.64. The van der Waals surface area contributed by atoms with Crippen molar-refractivity contribution in [2.75, 3.05) is 0 Å². The third-order valence-electron chi connectivity index (χ3n) is 9.31. The van der Waals surface area contributed by atoms with E-state index in [2.05, 4.69) is 167 Å². The summed E-state index contributed by atoms with van der Waals surface area (Å²) in [4.78, 5) is 0. The smallest absolute Gasteiger partial charge is 0.0548 e. The highest BCUT2D eigenvalue weighted by molar-refractivity contribution is 7.26. The molecule has 0 amide bonds. The van der Waals surface area contributed by atoms with Crippen LogP contribution in [0.4, 0.5) is 0 Å². The first-order valence-corrected chi connectivity index (χ1v) is 16.2. The predicted octanol–water partition coefficient (Wildman–Crippen LogP) is 11.9. The quantitative estimate of drug-likeness (QED) is 0.194. The predicted molar refractivity (Wildman–Crippen MR) is 193 cm³/mol. The van der Waals surface area contributed by atoms with Crippen molar-refractivity contribution in [3.05, 3.63) is 158 Å². The van der Waals surface area contributed by atoms with Crippen LogP contribution in [0, 0.1) is 0 Å². The minimum Gasteiger partial charge on any atom is -0.309 e. The molecule has 0 spiro atoms. The van der Waals surface area contributed by atoms with Gasteiger partial charge in [0.1, 0.15) is 0 Å². The molecular formula is C42H26N2S. The van der Waals surface area contributed by atoms with E-state index < -0.39 is 0 Å². The van der Waals surface area contributed by atoms with Crippen molar-refractivity contribution in [3.63, 3.8) is 0 Å². The van der Waals surface area contributed by atoms with E-state index >= 15 is 0 Å². The number of para-hydroxylation sites is 3. The molecule has 0 unspecified atom stereocenters. The highest BCUT2D eigenvalue weighted by Gasteiger charge is 2.20. The zero-order valence-corrected chi connectivity index (χ0v) is 25.1. The molecule has 0 aliphatic carbocycles. The minimum absolute atomic E-state index is 1.17. The average Bonchev–Trinajstić information content (AvgIpc) is 3.76. The van der Waals surface area contributed by atoms with Crippen LogP contribution in [-0.4, -0.2) is 9.13 Å². The van der Waals surface area contributed by atoms with E-state index in [1.54, 1.807) is 0 Å². The molecule has 3 heterocycles. The maximum Gasteiger partial charge on any atom is 0.0548 e. The zero-order valence-electron chi connectivity index (χ0n) is 24.3. The molecule has 7 aromatic carbocycles. The fraction of sp³-hybridized carbons (Fsp3) is 0. The molecule has 45 heavy (non-hydrogen) atoms. The minimum atomic E-state index is 1.17. The summed E-state index contributed by atoms with van der Waals surface area (Å²) in [5.41, 5.74) is 9.75. The molecule has 10 aromatic rings. The van der Waals surface area contributed by atoms with Gasteiger partial charge in [-0.3, -0.25) is 0 Å². The van der Waals surface area contributed by atoms with E-state index in [9.17, 15) is 0 Å². The van der Waals surface area contributed by atoms with Crippen molar-refractivity contribution < 1.29 is 0 Å². The van der Waals surface area contributed by atoms with Gasteiger partial charge in [-0.05, 0) is 65.7 Å². The first kappa shape index (κ1) is 24.8. The molecule has 0 radical (unpaired) electrons. The number of hydrogen-bond acceptors (Lipinski definition) is 1. The van der Waals surface area contributed by atoms with Crippen LogP contribution in [-0.2, 0) is 0 Å². The van der Waals surface area contributed by atoms with Crippen LogP contribution in [0.1, 0.15) is 0 Å². The first-order valence-electron chi connectivity index (χ1n) is 15.4. The van der Waals surface area contributed by atoms with Crippen LogP contribution >= 0.6 is 11.3 Å². The van der Waals surface area contributed by atoms with Crippen molar-refractivity contribution in [1.29, 1.82) is 0 Å². The molecule has 210 valence electrons. The van der Waals surface area contributed by atoms with Gasteiger partial charge in [-0.1, -0.05) is 103 Å². The number of benzene rings is 7. The molecular weight excluding hydrogens is 565 g/mol. The van der Waals surface area contributed by atoms with Gasteiger partial charge < -0.3 is 9.13 Å². The Kier molecular flexibility index (Phi) is 5.19. The average molecular weight is 591 g/mol. The van der Waals surface area contributed by atoms with Gasteiger partial charge in [0.2, 0.25) is 0 Å². The highest BCUT2D eigenvalue weighted by Crippen LogP contribution is 2.44. The molecule has 0 aliphatic heterocycles. The summed E-state index contributed by atoms with van der Waals surface area (Å²) in [5, 5.41) is 7.80. The molecule has 0 fully saturated rings. The van der Waals surface area contributed by atoms with Crippen molar-refractivity contribution in [2.24, 2.45) is 0 Å². The maximum atomic E-state index is 2.45.